The Kier molecular flexibility index (Phi) is 3.71. The quantitative estimate of drug-likeness (QED) is 0.693. The fourth-order valence-corrected chi connectivity index (χ4v) is 2.53. The molecule has 0 radical (unpaired) electrons. The van der Waals surface area contributed by atoms with E-state index in [9.17, 15) is 14.4 Å². The lowest BCUT2D eigenvalue weighted by atomic mass is 10.1. The molecule has 1 fully saturated rings. The van der Waals surface area contributed by atoms with Crippen molar-refractivity contribution < 1.29 is 24.2 Å². The van der Waals surface area contributed by atoms with Crippen LogP contribution >= 0.6 is 0 Å². The minimum atomic E-state index is -1.00. The smallest absolute Gasteiger partial charge is 0.343 e. The van der Waals surface area contributed by atoms with Gasteiger partial charge in [-0.15, -0.1) is 0 Å². The number of carboxylic acid groups (broad SMARTS) is 1. The van der Waals surface area contributed by atoms with Crippen molar-refractivity contribution in [3.8, 4) is 0 Å². The molecule has 2 unspecified atom stereocenters. The van der Waals surface area contributed by atoms with Gasteiger partial charge in [-0.1, -0.05) is 13.8 Å². The second-order valence-corrected chi connectivity index (χ2v) is 5.48. The zero-order valence-corrected chi connectivity index (χ0v) is 12.0. The molecule has 114 valence electrons. The Bertz CT molecular complexity index is 592. The van der Waals surface area contributed by atoms with E-state index in [1.54, 1.807) is 20.8 Å². The molecule has 0 aromatic carbocycles. The first kappa shape index (κ1) is 15.0. The van der Waals surface area contributed by atoms with E-state index in [1.165, 1.54) is 6.20 Å². The van der Waals surface area contributed by atoms with Crippen molar-refractivity contribution in [2.75, 3.05) is 11.9 Å². The van der Waals surface area contributed by atoms with Crippen molar-refractivity contribution in [1.82, 2.24) is 10.2 Å². The van der Waals surface area contributed by atoms with Crippen LogP contribution in [0.25, 0.3) is 0 Å². The van der Waals surface area contributed by atoms with Crippen molar-refractivity contribution in [3.05, 3.63) is 11.8 Å². The van der Waals surface area contributed by atoms with Crippen LogP contribution in [-0.4, -0.2) is 39.8 Å². The minimum absolute atomic E-state index is 0.107. The summed E-state index contributed by atoms with van der Waals surface area (Å²) in [5.74, 6) is -3.32. The molecule has 1 aliphatic rings. The van der Waals surface area contributed by atoms with Crippen molar-refractivity contribution in [1.29, 1.82) is 0 Å². The molecule has 2 atom stereocenters. The number of ether oxygens (including phenoxy) is 1. The molecule has 1 aromatic heterocycles. The fraction of sp³-hybridized carbons (Fsp3) is 0.538. The molecule has 1 amide bonds. The number of H-pyrrole nitrogens is 1. The highest BCUT2D eigenvalue weighted by atomic mass is 16.5. The third kappa shape index (κ3) is 2.61. The third-order valence-corrected chi connectivity index (χ3v) is 3.76. The van der Waals surface area contributed by atoms with Crippen molar-refractivity contribution in [3.63, 3.8) is 0 Å². The molecule has 3 N–H and O–H groups in total. The average Bonchev–Trinajstić information content (AvgIpc) is 2.75. The monoisotopic (exact) mass is 295 g/mol. The first-order chi connectivity index (χ1) is 9.80. The average molecular weight is 295 g/mol. The van der Waals surface area contributed by atoms with E-state index >= 15 is 0 Å². The Morgan fingerprint density at radius 2 is 2.10 bits per heavy atom. The molecular weight excluding hydrogens is 278 g/mol. The standard InChI is InChI=1S/C13H17N3O5/c1-4-21-12(20)6-5-14-16-9(6)15-10(17)7-8(11(18)19)13(7,2)3/h5,7-8H,4H2,1-3H3,(H,18,19)(H2,14,15,16,17). The molecule has 0 aliphatic heterocycles. The largest absolute Gasteiger partial charge is 0.481 e. The van der Waals surface area contributed by atoms with E-state index in [0.29, 0.717) is 0 Å². The number of carbonyl (C=O) groups is 3. The molecule has 8 nitrogen and oxygen atoms in total. The number of aromatic nitrogens is 2. The maximum absolute atomic E-state index is 12.2. The summed E-state index contributed by atoms with van der Waals surface area (Å²) in [6, 6.07) is 0. The van der Waals surface area contributed by atoms with Crippen molar-refractivity contribution in [2.45, 2.75) is 20.8 Å². The number of anilines is 1. The maximum Gasteiger partial charge on any atom is 0.343 e. The van der Waals surface area contributed by atoms with Crippen LogP contribution in [0.3, 0.4) is 0 Å². The summed E-state index contributed by atoms with van der Waals surface area (Å²) in [6.07, 6.45) is 1.25. The number of aliphatic carboxylic acids is 1. The highest BCUT2D eigenvalue weighted by molar-refractivity contribution is 6.03. The van der Waals surface area contributed by atoms with Gasteiger partial charge in [0.15, 0.2) is 0 Å². The SMILES string of the molecule is CCOC(=O)c1cn[nH]c1NC(=O)C1C(C(=O)O)C1(C)C. The third-order valence-electron chi connectivity index (χ3n) is 3.76. The highest BCUT2D eigenvalue weighted by Crippen LogP contribution is 2.58. The number of carbonyl (C=O) groups excluding carboxylic acids is 2. The van der Waals surface area contributed by atoms with E-state index in [4.69, 9.17) is 9.84 Å². The van der Waals surface area contributed by atoms with E-state index in [-0.39, 0.29) is 18.0 Å². The van der Waals surface area contributed by atoms with E-state index in [2.05, 4.69) is 15.5 Å². The van der Waals surface area contributed by atoms with Crippen LogP contribution < -0.4 is 5.32 Å². The molecule has 2 rings (SSSR count). The van der Waals surface area contributed by atoms with Crippen LogP contribution in [0.1, 0.15) is 31.1 Å². The number of carboxylic acids is 1. The normalized spacial score (nSPS) is 22.4. The number of hydrogen-bond donors (Lipinski definition) is 3. The van der Waals surface area contributed by atoms with Gasteiger partial charge >= 0.3 is 11.9 Å². The van der Waals surface area contributed by atoms with E-state index < -0.39 is 35.1 Å². The topological polar surface area (TPSA) is 121 Å². The van der Waals surface area contributed by atoms with E-state index in [0.717, 1.165) is 0 Å². The van der Waals surface area contributed by atoms with Gasteiger partial charge in [-0.25, -0.2) is 4.79 Å². The van der Waals surface area contributed by atoms with Gasteiger partial charge in [-0.05, 0) is 12.3 Å². The predicted molar refractivity (Wildman–Crippen MR) is 71.6 cm³/mol. The van der Waals surface area contributed by atoms with Crippen LogP contribution in [0.5, 0.6) is 0 Å². The van der Waals surface area contributed by atoms with Crippen LogP contribution in [0.15, 0.2) is 6.20 Å². The number of nitrogens with zero attached hydrogens (tertiary/aromatic N) is 1. The van der Waals surface area contributed by atoms with Crippen LogP contribution in [0, 0.1) is 17.3 Å². The molecule has 1 saturated carbocycles. The summed E-state index contributed by atoms with van der Waals surface area (Å²) in [5.41, 5.74) is -0.504. The van der Waals surface area contributed by atoms with Crippen LogP contribution in [-0.2, 0) is 14.3 Å². The Balaban J connectivity index is 2.10. The number of hydrogen-bond acceptors (Lipinski definition) is 5. The number of aromatic amines is 1. The molecule has 21 heavy (non-hydrogen) atoms. The summed E-state index contributed by atoms with van der Waals surface area (Å²) in [4.78, 5) is 34.9. The minimum Gasteiger partial charge on any atom is -0.481 e. The maximum atomic E-state index is 12.2. The van der Waals surface area contributed by atoms with Gasteiger partial charge in [0.1, 0.15) is 11.4 Å². The second kappa shape index (κ2) is 5.19. The Morgan fingerprint density at radius 1 is 1.43 bits per heavy atom. The summed E-state index contributed by atoms with van der Waals surface area (Å²) in [5, 5.41) is 17.8. The Morgan fingerprint density at radius 3 is 2.62 bits per heavy atom. The number of amides is 1. The predicted octanol–water partition coefficient (Wildman–Crippen LogP) is 0.882. The van der Waals surface area contributed by atoms with Gasteiger partial charge in [0, 0.05) is 0 Å². The first-order valence-corrected chi connectivity index (χ1v) is 6.54. The number of rotatable bonds is 5. The number of nitrogens with one attached hydrogen (secondary N) is 2. The van der Waals surface area contributed by atoms with Gasteiger partial charge in [0.05, 0.1) is 24.6 Å². The van der Waals surface area contributed by atoms with Gasteiger partial charge in [-0.3, -0.25) is 14.7 Å². The van der Waals surface area contributed by atoms with Crippen molar-refractivity contribution in [2.24, 2.45) is 17.3 Å². The van der Waals surface area contributed by atoms with Gasteiger partial charge < -0.3 is 15.2 Å². The van der Waals surface area contributed by atoms with Crippen LogP contribution in [0.2, 0.25) is 0 Å². The van der Waals surface area contributed by atoms with Crippen molar-refractivity contribution >= 4 is 23.7 Å². The molecule has 8 heteroatoms. The summed E-state index contributed by atoms with van der Waals surface area (Å²) in [7, 11) is 0. The molecule has 1 aliphatic carbocycles. The molecule has 0 spiro atoms. The van der Waals surface area contributed by atoms with Gasteiger partial charge in [-0.2, -0.15) is 5.10 Å². The molecular formula is C13H17N3O5. The van der Waals surface area contributed by atoms with Gasteiger partial charge in [0.2, 0.25) is 5.91 Å². The highest BCUT2D eigenvalue weighted by Gasteiger charge is 2.66. The molecule has 1 aromatic rings. The molecule has 0 saturated heterocycles. The summed E-state index contributed by atoms with van der Waals surface area (Å²) < 4.78 is 4.84. The Labute approximate surface area is 120 Å². The molecule has 0 bridgehead atoms. The fourth-order valence-electron chi connectivity index (χ4n) is 2.53. The summed E-state index contributed by atoms with van der Waals surface area (Å²) >= 11 is 0. The Hall–Kier alpha value is -2.38. The second-order valence-electron chi connectivity index (χ2n) is 5.48. The van der Waals surface area contributed by atoms with Gasteiger partial charge in [0.25, 0.3) is 0 Å². The lowest BCUT2D eigenvalue weighted by Gasteiger charge is -2.06. The number of esters is 1. The molecule has 1 heterocycles. The summed E-state index contributed by atoms with van der Waals surface area (Å²) in [6.45, 7) is 5.30. The zero-order valence-electron chi connectivity index (χ0n) is 12.0. The van der Waals surface area contributed by atoms with Crippen LogP contribution in [0.4, 0.5) is 5.82 Å². The lowest BCUT2D eigenvalue weighted by molar-refractivity contribution is -0.140. The lowest BCUT2D eigenvalue weighted by Crippen LogP contribution is -2.20. The zero-order chi connectivity index (χ0) is 15.8. The van der Waals surface area contributed by atoms with E-state index in [1.807, 2.05) is 0 Å². The first-order valence-electron chi connectivity index (χ1n) is 6.54.